The number of nitrogen functional groups attached to an aromatic ring is 1. The number of carbonyl (C=O) groups excluding carboxylic acids is 1. The van der Waals surface area contributed by atoms with E-state index in [9.17, 15) is 9.18 Å². The average molecular weight is 268 g/mol. The second-order valence-corrected chi connectivity index (χ2v) is 5.59. The normalized spacial score (nSPS) is 23.0. The van der Waals surface area contributed by atoms with Crippen molar-refractivity contribution < 1.29 is 9.18 Å². The molecule has 98 valence electrons. The zero-order valence-corrected chi connectivity index (χ0v) is 11.1. The van der Waals surface area contributed by atoms with Crippen LogP contribution in [0.3, 0.4) is 0 Å². The van der Waals surface area contributed by atoms with Crippen LogP contribution in [0.5, 0.6) is 0 Å². The molecule has 2 unspecified atom stereocenters. The van der Waals surface area contributed by atoms with Gasteiger partial charge in [-0.15, -0.1) is 0 Å². The minimum Gasteiger partial charge on any atom is -0.398 e. The molecule has 3 nitrogen and oxygen atoms in total. The Morgan fingerprint density at radius 3 is 2.94 bits per heavy atom. The SMILES string of the molecule is CSC1CCCC1NC(=O)c1ccc(F)cc1N. The van der Waals surface area contributed by atoms with Gasteiger partial charge in [0.1, 0.15) is 5.82 Å². The largest absolute Gasteiger partial charge is 0.398 e. The number of hydrogen-bond acceptors (Lipinski definition) is 3. The highest BCUT2D eigenvalue weighted by Crippen LogP contribution is 2.28. The van der Waals surface area contributed by atoms with E-state index in [1.807, 2.05) is 0 Å². The summed E-state index contributed by atoms with van der Waals surface area (Å²) in [7, 11) is 0. The first-order chi connectivity index (χ1) is 8.61. The number of halogens is 1. The molecule has 1 aliphatic carbocycles. The van der Waals surface area contributed by atoms with E-state index in [2.05, 4.69) is 11.6 Å². The number of thioether (sulfide) groups is 1. The van der Waals surface area contributed by atoms with Crippen molar-refractivity contribution in [3.05, 3.63) is 29.6 Å². The van der Waals surface area contributed by atoms with Crippen LogP contribution in [0, 0.1) is 5.82 Å². The highest BCUT2D eigenvalue weighted by molar-refractivity contribution is 7.99. The van der Waals surface area contributed by atoms with Gasteiger partial charge in [-0.3, -0.25) is 4.79 Å². The molecule has 0 saturated heterocycles. The van der Waals surface area contributed by atoms with Crippen LogP contribution in [0.4, 0.5) is 10.1 Å². The van der Waals surface area contributed by atoms with Gasteiger partial charge in [-0.25, -0.2) is 4.39 Å². The van der Waals surface area contributed by atoms with Crippen molar-refractivity contribution in [2.45, 2.75) is 30.6 Å². The van der Waals surface area contributed by atoms with Crippen molar-refractivity contribution in [3.63, 3.8) is 0 Å². The fourth-order valence-electron chi connectivity index (χ4n) is 2.36. The predicted octanol–water partition coefficient (Wildman–Crippen LogP) is 2.42. The van der Waals surface area contributed by atoms with Gasteiger partial charge in [-0.05, 0) is 37.3 Å². The first-order valence-electron chi connectivity index (χ1n) is 6.00. The molecule has 1 aromatic rings. The fourth-order valence-corrected chi connectivity index (χ4v) is 3.29. The Balaban J connectivity index is 2.07. The number of carbonyl (C=O) groups is 1. The molecule has 0 heterocycles. The zero-order chi connectivity index (χ0) is 13.1. The lowest BCUT2D eigenvalue weighted by atomic mass is 10.1. The Hall–Kier alpha value is -1.23. The molecular formula is C13H17FN2OS. The van der Waals surface area contributed by atoms with Crippen molar-refractivity contribution in [3.8, 4) is 0 Å². The lowest BCUT2D eigenvalue weighted by Gasteiger charge is -2.19. The summed E-state index contributed by atoms with van der Waals surface area (Å²) < 4.78 is 12.9. The molecule has 2 atom stereocenters. The van der Waals surface area contributed by atoms with E-state index in [-0.39, 0.29) is 17.6 Å². The summed E-state index contributed by atoms with van der Waals surface area (Å²) in [5.74, 6) is -0.634. The number of anilines is 1. The summed E-state index contributed by atoms with van der Waals surface area (Å²) in [5, 5.41) is 3.46. The summed E-state index contributed by atoms with van der Waals surface area (Å²) >= 11 is 1.78. The van der Waals surface area contributed by atoms with E-state index < -0.39 is 5.82 Å². The zero-order valence-electron chi connectivity index (χ0n) is 10.3. The lowest BCUT2D eigenvalue weighted by molar-refractivity contribution is 0.0939. The first-order valence-corrected chi connectivity index (χ1v) is 7.29. The van der Waals surface area contributed by atoms with Crippen LogP contribution in [0.25, 0.3) is 0 Å². The van der Waals surface area contributed by atoms with Crippen LogP contribution in [-0.2, 0) is 0 Å². The molecule has 0 bridgehead atoms. The maximum absolute atomic E-state index is 12.9. The lowest BCUT2D eigenvalue weighted by Crippen LogP contribution is -2.38. The van der Waals surface area contributed by atoms with Gasteiger partial charge in [0, 0.05) is 17.0 Å². The third kappa shape index (κ3) is 2.77. The van der Waals surface area contributed by atoms with Crippen molar-refractivity contribution in [1.82, 2.24) is 5.32 Å². The molecule has 0 aliphatic heterocycles. The maximum atomic E-state index is 12.9. The highest BCUT2D eigenvalue weighted by Gasteiger charge is 2.28. The van der Waals surface area contributed by atoms with Crippen molar-refractivity contribution in [1.29, 1.82) is 0 Å². The Morgan fingerprint density at radius 2 is 2.28 bits per heavy atom. The third-order valence-electron chi connectivity index (χ3n) is 3.33. The topological polar surface area (TPSA) is 55.1 Å². The number of hydrogen-bond donors (Lipinski definition) is 2. The molecule has 0 aromatic heterocycles. The molecule has 2 rings (SSSR count). The molecule has 0 spiro atoms. The molecule has 5 heteroatoms. The molecule has 18 heavy (non-hydrogen) atoms. The van der Waals surface area contributed by atoms with Crippen LogP contribution in [0.15, 0.2) is 18.2 Å². The Labute approximate surface area is 110 Å². The van der Waals surface area contributed by atoms with Crippen LogP contribution < -0.4 is 11.1 Å². The van der Waals surface area contributed by atoms with Gasteiger partial charge in [0.15, 0.2) is 0 Å². The Bertz CT molecular complexity index is 453. The molecule has 1 saturated carbocycles. The molecule has 1 fully saturated rings. The molecule has 1 aliphatic rings. The van der Waals surface area contributed by atoms with Gasteiger partial charge in [0.2, 0.25) is 0 Å². The highest BCUT2D eigenvalue weighted by atomic mass is 32.2. The fraction of sp³-hybridized carbons (Fsp3) is 0.462. The number of rotatable bonds is 3. The van der Waals surface area contributed by atoms with Gasteiger partial charge in [-0.1, -0.05) is 6.42 Å². The molecular weight excluding hydrogens is 251 g/mol. The minimum atomic E-state index is -0.424. The van der Waals surface area contributed by atoms with Crippen LogP contribution in [-0.4, -0.2) is 23.5 Å². The first kappa shape index (κ1) is 13.2. The molecule has 1 amide bonds. The van der Waals surface area contributed by atoms with E-state index in [1.165, 1.54) is 18.2 Å². The minimum absolute atomic E-state index is 0.186. The van der Waals surface area contributed by atoms with Crippen LogP contribution in [0.2, 0.25) is 0 Å². The quantitative estimate of drug-likeness (QED) is 0.828. The monoisotopic (exact) mass is 268 g/mol. The summed E-state index contributed by atoms with van der Waals surface area (Å²) in [6, 6.07) is 4.06. The van der Waals surface area contributed by atoms with Crippen LogP contribution in [0.1, 0.15) is 29.6 Å². The smallest absolute Gasteiger partial charge is 0.253 e. The van der Waals surface area contributed by atoms with E-state index in [0.29, 0.717) is 10.8 Å². The van der Waals surface area contributed by atoms with Gasteiger partial charge in [-0.2, -0.15) is 11.8 Å². The van der Waals surface area contributed by atoms with Crippen molar-refractivity contribution >= 4 is 23.4 Å². The molecule has 0 radical (unpaired) electrons. The number of nitrogens with two attached hydrogens (primary N) is 1. The van der Waals surface area contributed by atoms with Crippen LogP contribution >= 0.6 is 11.8 Å². The summed E-state index contributed by atoms with van der Waals surface area (Å²) in [4.78, 5) is 12.1. The second-order valence-electron chi connectivity index (χ2n) is 4.52. The van der Waals surface area contributed by atoms with Gasteiger partial charge in [0.25, 0.3) is 5.91 Å². The van der Waals surface area contributed by atoms with E-state index in [0.717, 1.165) is 19.3 Å². The van der Waals surface area contributed by atoms with Crippen molar-refractivity contribution in [2.75, 3.05) is 12.0 Å². The van der Waals surface area contributed by atoms with Crippen molar-refractivity contribution in [2.24, 2.45) is 0 Å². The summed E-state index contributed by atoms with van der Waals surface area (Å²) in [6.45, 7) is 0. The van der Waals surface area contributed by atoms with E-state index in [1.54, 1.807) is 11.8 Å². The standard InChI is InChI=1S/C13H17FN2OS/c1-18-12-4-2-3-11(12)16-13(17)9-6-5-8(14)7-10(9)15/h5-7,11-12H,2-4,15H2,1H3,(H,16,17). The Morgan fingerprint density at radius 1 is 1.50 bits per heavy atom. The molecule has 3 N–H and O–H groups in total. The average Bonchev–Trinajstić information content (AvgIpc) is 2.76. The van der Waals surface area contributed by atoms with E-state index >= 15 is 0 Å². The number of amides is 1. The molecule has 1 aromatic carbocycles. The van der Waals surface area contributed by atoms with Gasteiger partial charge in [0.05, 0.1) is 5.56 Å². The number of benzene rings is 1. The van der Waals surface area contributed by atoms with E-state index in [4.69, 9.17) is 5.73 Å². The number of nitrogens with one attached hydrogen (secondary N) is 1. The Kier molecular flexibility index (Phi) is 4.11. The summed E-state index contributed by atoms with van der Waals surface area (Å²) in [5.41, 5.74) is 6.19. The van der Waals surface area contributed by atoms with Gasteiger partial charge >= 0.3 is 0 Å². The third-order valence-corrected chi connectivity index (χ3v) is 4.50. The second kappa shape index (κ2) is 5.61. The maximum Gasteiger partial charge on any atom is 0.253 e. The predicted molar refractivity (Wildman–Crippen MR) is 73.2 cm³/mol. The van der Waals surface area contributed by atoms with Gasteiger partial charge < -0.3 is 11.1 Å². The summed E-state index contributed by atoms with van der Waals surface area (Å²) in [6.07, 6.45) is 5.32.